The molecule has 278 valence electrons. The van der Waals surface area contributed by atoms with Crippen molar-refractivity contribution in [2.45, 2.75) is 114 Å². The predicted octanol–water partition coefficient (Wildman–Crippen LogP) is 0.621. The van der Waals surface area contributed by atoms with E-state index in [1.165, 1.54) is 0 Å². The van der Waals surface area contributed by atoms with Crippen LogP contribution in [0, 0.1) is 0 Å². The normalized spacial score (nSPS) is 17.4. The Hall–Kier alpha value is -2.72. The number of carbonyl (C=O) groups is 3. The lowest BCUT2D eigenvalue weighted by Crippen LogP contribution is -2.49. The molecule has 0 bridgehead atoms. The van der Waals surface area contributed by atoms with Crippen LogP contribution in [0.5, 0.6) is 5.75 Å². The van der Waals surface area contributed by atoms with Crippen LogP contribution in [0.25, 0.3) is 0 Å². The van der Waals surface area contributed by atoms with Gasteiger partial charge in [0.2, 0.25) is 11.8 Å². The number of aliphatic hydroxyl groups excluding tert-OH is 5. The molecule has 0 aliphatic carbocycles. The van der Waals surface area contributed by atoms with Crippen molar-refractivity contribution >= 4 is 35.0 Å². The molecule has 0 spiro atoms. The van der Waals surface area contributed by atoms with Gasteiger partial charge in [-0.3, -0.25) is 14.4 Å². The van der Waals surface area contributed by atoms with Crippen LogP contribution in [0.4, 0.5) is 5.69 Å². The third-order valence-corrected chi connectivity index (χ3v) is 9.57. The average Bonchev–Trinajstić information content (AvgIpc) is 3.59. The number of halogens is 1. The highest BCUT2D eigenvalue weighted by Gasteiger charge is 2.30. The van der Waals surface area contributed by atoms with E-state index in [2.05, 4.69) is 20.9 Å². The van der Waals surface area contributed by atoms with Crippen molar-refractivity contribution in [2.24, 2.45) is 0 Å². The molecule has 0 aromatic heterocycles. The van der Waals surface area contributed by atoms with Crippen LogP contribution in [-0.4, -0.2) is 125 Å². The maximum Gasteiger partial charge on any atom is 0.255 e. The molecule has 0 unspecified atom stereocenters. The van der Waals surface area contributed by atoms with Gasteiger partial charge >= 0.3 is 0 Å². The number of nitrogens with two attached hydrogens (primary N) is 1. The zero-order valence-corrected chi connectivity index (χ0v) is 29.1. The number of hydrogen-bond donors (Lipinski definition) is 9. The third kappa shape index (κ3) is 13.5. The quantitative estimate of drug-likeness (QED) is 0.0598. The number of anilines is 1. The van der Waals surface area contributed by atoms with Crippen LogP contribution in [0.2, 0.25) is 5.02 Å². The molecule has 2 aliphatic heterocycles. The van der Waals surface area contributed by atoms with Crippen molar-refractivity contribution in [1.82, 2.24) is 20.9 Å². The van der Waals surface area contributed by atoms with Crippen LogP contribution in [0.15, 0.2) is 6.07 Å². The minimum Gasteiger partial charge on any atom is -0.492 e. The van der Waals surface area contributed by atoms with Gasteiger partial charge in [-0.15, -0.1) is 0 Å². The molecule has 2 aliphatic rings. The molecule has 0 radical (unpaired) electrons. The molecule has 14 nitrogen and oxygen atoms in total. The largest absolute Gasteiger partial charge is 0.492 e. The van der Waals surface area contributed by atoms with E-state index in [1.54, 1.807) is 6.07 Å². The number of amides is 3. The Kier molecular flexibility index (Phi) is 17.9. The van der Waals surface area contributed by atoms with E-state index in [4.69, 9.17) is 27.2 Å². The van der Waals surface area contributed by atoms with E-state index in [-0.39, 0.29) is 36.7 Å². The SMILES string of the molecule is Nc1c(Cl)cc(C(=O)NC2CCN(CCCCCC(=O)NCCCCCCCC(=O)NC[C@H](O)[C@@H](O)[C@H](O)[C@H](O)CO)CC2)c2c1CCO2. The van der Waals surface area contributed by atoms with Crippen LogP contribution >= 0.6 is 11.6 Å². The lowest BCUT2D eigenvalue weighted by Gasteiger charge is -2.32. The van der Waals surface area contributed by atoms with Gasteiger partial charge in [-0.25, -0.2) is 0 Å². The summed E-state index contributed by atoms with van der Waals surface area (Å²) in [5, 5.41) is 56.4. The Balaban J connectivity index is 1.13. The fourth-order valence-electron chi connectivity index (χ4n) is 6.15. The highest BCUT2D eigenvalue weighted by molar-refractivity contribution is 6.33. The molecule has 1 saturated heterocycles. The summed E-state index contributed by atoms with van der Waals surface area (Å²) in [5.74, 6) is 0.154. The Labute approximate surface area is 293 Å². The number of fused-ring (bicyclic) bond motifs is 1. The molecular weight excluding hydrogens is 658 g/mol. The van der Waals surface area contributed by atoms with Gasteiger partial charge in [-0.1, -0.05) is 37.3 Å². The fourth-order valence-corrected chi connectivity index (χ4v) is 6.37. The van der Waals surface area contributed by atoms with Gasteiger partial charge in [0.25, 0.3) is 5.91 Å². The summed E-state index contributed by atoms with van der Waals surface area (Å²) in [6.07, 6.45) is 3.76. The first-order valence-electron chi connectivity index (χ1n) is 17.6. The van der Waals surface area contributed by atoms with Crippen LogP contribution in [0.1, 0.15) is 93.0 Å². The van der Waals surface area contributed by atoms with Gasteiger partial charge < -0.3 is 56.9 Å². The first-order valence-corrected chi connectivity index (χ1v) is 18.0. The smallest absolute Gasteiger partial charge is 0.255 e. The summed E-state index contributed by atoms with van der Waals surface area (Å²) in [7, 11) is 0. The van der Waals surface area contributed by atoms with E-state index in [0.29, 0.717) is 54.4 Å². The summed E-state index contributed by atoms with van der Waals surface area (Å²) in [4.78, 5) is 39.5. The zero-order chi connectivity index (χ0) is 35.8. The second-order valence-electron chi connectivity index (χ2n) is 13.1. The second kappa shape index (κ2) is 21.5. The number of unbranched alkanes of at least 4 members (excludes halogenated alkanes) is 6. The highest BCUT2D eigenvalue weighted by Crippen LogP contribution is 2.38. The predicted molar refractivity (Wildman–Crippen MR) is 185 cm³/mol. The van der Waals surface area contributed by atoms with Gasteiger partial charge in [0.15, 0.2) is 0 Å². The number of benzene rings is 1. The number of carbonyl (C=O) groups excluding carboxylic acids is 3. The van der Waals surface area contributed by atoms with Gasteiger partial charge in [-0.2, -0.15) is 0 Å². The van der Waals surface area contributed by atoms with Gasteiger partial charge in [0.05, 0.1) is 35.6 Å². The van der Waals surface area contributed by atoms with Crippen molar-refractivity contribution in [3.05, 3.63) is 22.2 Å². The van der Waals surface area contributed by atoms with Crippen molar-refractivity contribution < 1.29 is 44.7 Å². The number of nitrogens with zero attached hydrogens (tertiary/aromatic N) is 1. The minimum absolute atomic E-state index is 0.0670. The van der Waals surface area contributed by atoms with Gasteiger partial charge in [0, 0.05) is 57.0 Å². The Morgan fingerprint density at radius 2 is 1.51 bits per heavy atom. The molecule has 1 aromatic rings. The molecule has 10 N–H and O–H groups in total. The van der Waals surface area contributed by atoms with E-state index in [1.807, 2.05) is 0 Å². The lowest BCUT2D eigenvalue weighted by molar-refractivity contribution is -0.126. The maximum absolute atomic E-state index is 13.0. The lowest BCUT2D eigenvalue weighted by atomic mass is 10.0. The number of piperidine rings is 1. The topological polar surface area (TPSA) is 227 Å². The van der Waals surface area contributed by atoms with Gasteiger partial charge in [-0.05, 0) is 51.1 Å². The number of likely N-dealkylation sites (tertiary alicyclic amines) is 1. The number of nitrogens with one attached hydrogen (secondary N) is 3. The highest BCUT2D eigenvalue weighted by atomic mass is 35.5. The zero-order valence-electron chi connectivity index (χ0n) is 28.4. The number of nitrogen functional groups attached to an aromatic ring is 1. The molecule has 2 heterocycles. The summed E-state index contributed by atoms with van der Waals surface area (Å²) < 4.78 is 5.68. The molecule has 1 fully saturated rings. The number of rotatable bonds is 22. The number of ether oxygens (including phenoxy) is 1. The third-order valence-electron chi connectivity index (χ3n) is 9.25. The standard InChI is InChI=1S/C34H56ClN5O9/c35-25-19-24(33-23(30(25)36)13-18-49-33)34(48)39-22-11-16-40(17-12-22)15-8-4-6-9-28(44)37-14-7-3-1-2-5-10-29(45)38-20-26(42)31(46)32(47)27(43)21-41/h19,22,26-27,31-32,41-43,46-47H,1-18,20-21,36H2,(H,37,44)(H,38,45)(H,39,48)/t26-,27+,31+,32+/m0/s1. The van der Waals surface area contributed by atoms with Crippen molar-refractivity contribution in [3.63, 3.8) is 0 Å². The Morgan fingerprint density at radius 1 is 0.898 bits per heavy atom. The first-order chi connectivity index (χ1) is 23.5. The van der Waals surface area contributed by atoms with Crippen molar-refractivity contribution in [3.8, 4) is 5.75 Å². The Bertz CT molecular complexity index is 1200. The Morgan fingerprint density at radius 3 is 2.20 bits per heavy atom. The molecule has 4 atom stereocenters. The second-order valence-corrected chi connectivity index (χ2v) is 13.5. The molecule has 1 aromatic carbocycles. The first kappa shape index (κ1) is 40.7. The van der Waals surface area contributed by atoms with E-state index < -0.39 is 31.0 Å². The van der Waals surface area contributed by atoms with Crippen LogP contribution < -0.4 is 26.4 Å². The molecular formula is C34H56ClN5O9. The van der Waals surface area contributed by atoms with E-state index in [9.17, 15) is 34.8 Å². The summed E-state index contributed by atoms with van der Waals surface area (Å²) in [6, 6.07) is 1.69. The minimum atomic E-state index is -1.72. The van der Waals surface area contributed by atoms with Crippen LogP contribution in [-0.2, 0) is 16.0 Å². The monoisotopic (exact) mass is 713 g/mol. The van der Waals surface area contributed by atoms with Crippen molar-refractivity contribution in [1.29, 1.82) is 0 Å². The molecule has 3 amide bonds. The average molecular weight is 714 g/mol. The maximum atomic E-state index is 13.0. The molecule has 3 rings (SSSR count). The number of hydrogen-bond acceptors (Lipinski definition) is 11. The van der Waals surface area contributed by atoms with Crippen molar-refractivity contribution in [2.75, 3.05) is 51.7 Å². The summed E-state index contributed by atoms with van der Waals surface area (Å²) >= 11 is 6.26. The van der Waals surface area contributed by atoms with Crippen LogP contribution in [0.3, 0.4) is 0 Å². The summed E-state index contributed by atoms with van der Waals surface area (Å²) in [6.45, 7) is 2.88. The van der Waals surface area contributed by atoms with E-state index >= 15 is 0 Å². The number of aliphatic hydroxyl groups is 5. The fraction of sp³-hybridized carbons (Fsp3) is 0.735. The summed E-state index contributed by atoms with van der Waals surface area (Å²) in [5.41, 5.74) is 7.80. The molecule has 49 heavy (non-hydrogen) atoms. The molecule has 15 heteroatoms. The van der Waals surface area contributed by atoms with Gasteiger partial charge in [0.1, 0.15) is 24.1 Å². The van der Waals surface area contributed by atoms with E-state index in [0.717, 1.165) is 83.0 Å². The molecule has 0 saturated carbocycles.